The molecule has 0 radical (unpaired) electrons. The summed E-state index contributed by atoms with van der Waals surface area (Å²) in [7, 11) is 1.43. The fourth-order valence-corrected chi connectivity index (χ4v) is 1.78. The Morgan fingerprint density at radius 3 is 2.38 bits per heavy atom. The van der Waals surface area contributed by atoms with Gasteiger partial charge in [-0.1, -0.05) is 0 Å². The summed E-state index contributed by atoms with van der Waals surface area (Å²) in [5.74, 6) is -0.750. The summed E-state index contributed by atoms with van der Waals surface area (Å²) in [6.07, 6.45) is -5.48. The van der Waals surface area contributed by atoms with Gasteiger partial charge in [0, 0.05) is 13.6 Å². The van der Waals surface area contributed by atoms with Gasteiger partial charge in [0.05, 0.1) is 18.7 Å². The number of carbonyl (C=O) groups excluding carboxylic acids is 2. The van der Waals surface area contributed by atoms with Crippen LogP contribution < -0.4 is 15.8 Å². The fourth-order valence-electron chi connectivity index (χ4n) is 1.78. The number of likely N-dealkylation sites (N-methyl/N-ethyl adjacent to an activating group) is 1. The maximum absolute atomic E-state index is 12.4. The largest absolute Gasteiger partial charge is 0.491 e. The number of nitrogens with two attached hydrogens (primary N) is 1. The number of rotatable bonds is 8. The number of carbonyl (C=O) groups is 2. The summed E-state index contributed by atoms with van der Waals surface area (Å²) in [6.45, 7) is -0.768. The number of nitrogens with zero attached hydrogens (tertiary/aromatic N) is 1. The Hall–Kier alpha value is -2.04. The molecule has 0 aliphatic carbocycles. The molecule has 0 aliphatic rings. The molecular weight excluding hydrogens is 379 g/mol. The van der Waals surface area contributed by atoms with Crippen LogP contribution >= 0.6 is 12.4 Å². The van der Waals surface area contributed by atoms with Crippen molar-refractivity contribution in [1.82, 2.24) is 10.2 Å². The minimum Gasteiger partial charge on any atom is -0.491 e. The zero-order valence-corrected chi connectivity index (χ0v) is 14.8. The second kappa shape index (κ2) is 10.8. The van der Waals surface area contributed by atoms with Gasteiger partial charge >= 0.3 is 6.18 Å². The first kappa shape index (κ1) is 24.0. The summed E-state index contributed by atoms with van der Waals surface area (Å²) < 4.78 is 42.5. The molecule has 0 spiro atoms. The van der Waals surface area contributed by atoms with Crippen LogP contribution in [0, 0.1) is 0 Å². The Labute approximate surface area is 154 Å². The molecule has 7 nitrogen and oxygen atoms in total. The average molecular weight is 400 g/mol. The molecule has 1 aromatic rings. The molecule has 0 saturated heterocycles. The number of nitrogens with one attached hydrogen (secondary N) is 1. The molecule has 26 heavy (non-hydrogen) atoms. The molecule has 1 atom stereocenters. The van der Waals surface area contributed by atoms with Gasteiger partial charge < -0.3 is 25.8 Å². The second-order valence-corrected chi connectivity index (χ2v) is 5.24. The highest BCUT2D eigenvalue weighted by Crippen LogP contribution is 2.30. The van der Waals surface area contributed by atoms with Crippen molar-refractivity contribution in [3.63, 3.8) is 0 Å². The number of hydrogen-bond acceptors (Lipinski definition) is 5. The van der Waals surface area contributed by atoms with Gasteiger partial charge in [-0.2, -0.15) is 13.2 Å². The highest BCUT2D eigenvalue weighted by molar-refractivity contribution is 5.85. The van der Waals surface area contributed by atoms with E-state index < -0.39 is 29.7 Å². The first-order chi connectivity index (χ1) is 11.6. The topological polar surface area (TPSA) is 105 Å². The van der Waals surface area contributed by atoms with Gasteiger partial charge in [0.25, 0.3) is 0 Å². The van der Waals surface area contributed by atoms with E-state index in [-0.39, 0.29) is 44.4 Å². The van der Waals surface area contributed by atoms with Crippen molar-refractivity contribution in [1.29, 1.82) is 0 Å². The smallest absolute Gasteiger partial charge is 0.416 e. The molecule has 0 fully saturated rings. The molecule has 0 aliphatic heterocycles. The summed E-state index contributed by atoms with van der Waals surface area (Å²) in [5.41, 5.74) is 4.29. The van der Waals surface area contributed by atoms with E-state index in [2.05, 4.69) is 5.32 Å². The lowest BCUT2D eigenvalue weighted by Gasteiger charge is -2.21. The molecule has 1 rings (SSSR count). The minimum absolute atomic E-state index is 0. The van der Waals surface area contributed by atoms with Crippen molar-refractivity contribution in [3.8, 4) is 5.75 Å². The number of benzene rings is 1. The molecule has 2 amide bonds. The van der Waals surface area contributed by atoms with Gasteiger partial charge in [-0.05, 0) is 24.3 Å². The highest BCUT2D eigenvalue weighted by Gasteiger charge is 2.30. The van der Waals surface area contributed by atoms with E-state index in [4.69, 9.17) is 10.5 Å². The number of ether oxygens (including phenoxy) is 1. The number of hydrogen-bond donors (Lipinski definition) is 3. The molecule has 0 heterocycles. The third-order valence-electron chi connectivity index (χ3n) is 3.16. The van der Waals surface area contributed by atoms with Crippen LogP contribution in [0.5, 0.6) is 5.75 Å². The molecular formula is C15H21ClF3N3O4. The van der Waals surface area contributed by atoms with Gasteiger partial charge in [0.2, 0.25) is 11.8 Å². The lowest BCUT2D eigenvalue weighted by Crippen LogP contribution is -2.43. The predicted molar refractivity (Wildman–Crippen MR) is 89.9 cm³/mol. The van der Waals surface area contributed by atoms with Gasteiger partial charge in [0.1, 0.15) is 18.5 Å². The molecule has 148 valence electrons. The standard InChI is InChI=1S/C15H20F3N3O4.ClH/c1-21(14(24)7-20-13(23)6-19)8-11(22)9-25-12-4-2-10(3-5-12)15(16,17)18;/h2-5,11,22H,6-9,19H2,1H3,(H,20,23);1H. The van der Waals surface area contributed by atoms with Crippen LogP contribution in [0.15, 0.2) is 24.3 Å². The number of aliphatic hydroxyl groups is 1. The zero-order chi connectivity index (χ0) is 19.0. The van der Waals surface area contributed by atoms with Crippen LogP contribution in [0.3, 0.4) is 0 Å². The van der Waals surface area contributed by atoms with Crippen molar-refractivity contribution in [2.24, 2.45) is 5.73 Å². The van der Waals surface area contributed by atoms with E-state index in [1.54, 1.807) is 0 Å². The Kier molecular flexibility index (Phi) is 9.99. The normalized spacial score (nSPS) is 11.9. The molecule has 1 unspecified atom stereocenters. The van der Waals surface area contributed by atoms with Crippen LogP contribution in [0.1, 0.15) is 5.56 Å². The number of alkyl halides is 3. The SMILES string of the molecule is CN(CC(O)COc1ccc(C(F)(F)F)cc1)C(=O)CNC(=O)CN.Cl. The Balaban J connectivity index is 0.00000625. The maximum Gasteiger partial charge on any atom is 0.416 e. The third-order valence-corrected chi connectivity index (χ3v) is 3.16. The van der Waals surface area contributed by atoms with Crippen molar-refractivity contribution < 1.29 is 32.6 Å². The van der Waals surface area contributed by atoms with Gasteiger partial charge in [-0.15, -0.1) is 12.4 Å². The molecule has 11 heteroatoms. The lowest BCUT2D eigenvalue weighted by atomic mass is 10.2. The van der Waals surface area contributed by atoms with E-state index in [1.165, 1.54) is 11.9 Å². The third kappa shape index (κ3) is 8.37. The highest BCUT2D eigenvalue weighted by atomic mass is 35.5. The number of halogens is 4. The quantitative estimate of drug-likeness (QED) is 0.587. The van der Waals surface area contributed by atoms with Gasteiger partial charge in [-0.3, -0.25) is 9.59 Å². The molecule has 0 saturated carbocycles. The van der Waals surface area contributed by atoms with Gasteiger partial charge in [-0.25, -0.2) is 0 Å². The molecule has 1 aromatic carbocycles. The molecule has 4 N–H and O–H groups in total. The van der Waals surface area contributed by atoms with E-state index in [0.29, 0.717) is 0 Å². The van der Waals surface area contributed by atoms with Crippen molar-refractivity contribution in [3.05, 3.63) is 29.8 Å². The van der Waals surface area contributed by atoms with E-state index >= 15 is 0 Å². The first-order valence-corrected chi connectivity index (χ1v) is 7.32. The summed E-state index contributed by atoms with van der Waals surface area (Å²) in [6, 6.07) is 4.04. The maximum atomic E-state index is 12.4. The lowest BCUT2D eigenvalue weighted by molar-refractivity contribution is -0.137. The summed E-state index contributed by atoms with van der Waals surface area (Å²) in [5, 5.41) is 12.1. The van der Waals surface area contributed by atoms with Crippen molar-refractivity contribution >= 4 is 24.2 Å². The monoisotopic (exact) mass is 399 g/mol. The van der Waals surface area contributed by atoms with Crippen LogP contribution in [0.2, 0.25) is 0 Å². The van der Waals surface area contributed by atoms with Crippen molar-refractivity contribution in [2.75, 3.05) is 33.3 Å². The Bertz CT molecular complexity index is 584. The minimum atomic E-state index is -4.43. The number of aliphatic hydroxyl groups excluding tert-OH is 1. The predicted octanol–water partition coefficient (Wildman–Crippen LogP) is 0.400. The average Bonchev–Trinajstić information content (AvgIpc) is 2.56. The van der Waals surface area contributed by atoms with Crippen LogP contribution in [-0.2, 0) is 15.8 Å². The first-order valence-electron chi connectivity index (χ1n) is 7.32. The molecule has 0 bridgehead atoms. The molecule has 0 aromatic heterocycles. The van der Waals surface area contributed by atoms with Crippen LogP contribution in [0.4, 0.5) is 13.2 Å². The van der Waals surface area contributed by atoms with E-state index in [0.717, 1.165) is 24.3 Å². The van der Waals surface area contributed by atoms with Crippen molar-refractivity contribution in [2.45, 2.75) is 12.3 Å². The Morgan fingerprint density at radius 2 is 1.88 bits per heavy atom. The fraction of sp³-hybridized carbons (Fsp3) is 0.467. The van der Waals surface area contributed by atoms with Gasteiger partial charge in [0.15, 0.2) is 0 Å². The summed E-state index contributed by atoms with van der Waals surface area (Å²) >= 11 is 0. The van der Waals surface area contributed by atoms with Crippen LogP contribution in [-0.4, -0.2) is 61.2 Å². The summed E-state index contributed by atoms with van der Waals surface area (Å²) in [4.78, 5) is 23.9. The zero-order valence-electron chi connectivity index (χ0n) is 14.0. The second-order valence-electron chi connectivity index (χ2n) is 5.24. The Morgan fingerprint density at radius 1 is 1.31 bits per heavy atom. The van der Waals surface area contributed by atoms with E-state index in [1.807, 2.05) is 0 Å². The van der Waals surface area contributed by atoms with Crippen LogP contribution in [0.25, 0.3) is 0 Å². The van der Waals surface area contributed by atoms with E-state index in [9.17, 15) is 27.9 Å². The number of amides is 2.